The van der Waals surface area contributed by atoms with Crippen molar-refractivity contribution in [2.75, 3.05) is 0 Å². The Morgan fingerprint density at radius 1 is 1.50 bits per heavy atom. The van der Waals surface area contributed by atoms with Crippen molar-refractivity contribution >= 4 is 6.29 Å². The van der Waals surface area contributed by atoms with E-state index in [1.54, 1.807) is 0 Å². The number of carbonyl (C=O) groups excluding carboxylic acids is 1. The molecule has 0 radical (unpaired) electrons. The Labute approximate surface area is 90.9 Å². The van der Waals surface area contributed by atoms with E-state index < -0.39 is 11.2 Å². The summed E-state index contributed by atoms with van der Waals surface area (Å²) >= 11 is 0. The van der Waals surface area contributed by atoms with Crippen LogP contribution in [0.4, 0.5) is 0 Å². The SMILES string of the molecule is O=CCC1CCC(n2ccc(=O)[nH]c2=O)O1. The summed E-state index contributed by atoms with van der Waals surface area (Å²) in [5.74, 6) is 0. The van der Waals surface area contributed by atoms with Crippen LogP contribution in [0.2, 0.25) is 0 Å². The summed E-state index contributed by atoms with van der Waals surface area (Å²) in [6.45, 7) is 0. The third-order valence-corrected chi connectivity index (χ3v) is 2.61. The fourth-order valence-electron chi connectivity index (χ4n) is 1.83. The van der Waals surface area contributed by atoms with Crippen molar-refractivity contribution in [3.63, 3.8) is 0 Å². The molecule has 0 spiro atoms. The molecule has 0 aromatic carbocycles. The molecule has 86 valence electrons. The summed E-state index contributed by atoms with van der Waals surface area (Å²) in [5.41, 5.74) is -0.909. The Bertz CT molecular complexity index is 490. The van der Waals surface area contributed by atoms with E-state index in [0.29, 0.717) is 12.8 Å². The quantitative estimate of drug-likeness (QED) is 0.721. The average molecular weight is 224 g/mol. The Morgan fingerprint density at radius 3 is 3.00 bits per heavy atom. The van der Waals surface area contributed by atoms with Gasteiger partial charge in [-0.25, -0.2) is 4.79 Å². The molecule has 1 N–H and O–H groups in total. The second kappa shape index (κ2) is 4.44. The highest BCUT2D eigenvalue weighted by molar-refractivity contribution is 5.50. The number of nitrogens with one attached hydrogen (secondary N) is 1. The van der Waals surface area contributed by atoms with Gasteiger partial charge in [0.05, 0.1) is 6.10 Å². The third kappa shape index (κ3) is 2.11. The fourth-order valence-corrected chi connectivity index (χ4v) is 1.83. The highest BCUT2D eigenvalue weighted by Gasteiger charge is 2.26. The van der Waals surface area contributed by atoms with Crippen LogP contribution in [0.25, 0.3) is 0 Å². The maximum atomic E-state index is 11.4. The lowest BCUT2D eigenvalue weighted by atomic mass is 10.2. The molecule has 0 saturated carbocycles. The number of hydrogen-bond donors (Lipinski definition) is 1. The van der Waals surface area contributed by atoms with Crippen LogP contribution >= 0.6 is 0 Å². The van der Waals surface area contributed by atoms with E-state index >= 15 is 0 Å². The van der Waals surface area contributed by atoms with Crippen LogP contribution in [0.15, 0.2) is 21.9 Å². The molecule has 2 heterocycles. The van der Waals surface area contributed by atoms with Crippen LogP contribution in [0.5, 0.6) is 0 Å². The molecule has 6 nitrogen and oxygen atoms in total. The number of aromatic amines is 1. The topological polar surface area (TPSA) is 81.2 Å². The van der Waals surface area contributed by atoms with Gasteiger partial charge in [-0.15, -0.1) is 0 Å². The lowest BCUT2D eigenvalue weighted by Crippen LogP contribution is -2.31. The standard InChI is InChI=1S/C10H12N2O4/c13-6-4-7-1-2-9(16-7)12-5-3-8(14)11-10(12)15/h3,5-7,9H,1-2,4H2,(H,11,14,15). The molecule has 0 aliphatic carbocycles. The molecule has 1 aliphatic rings. The van der Waals surface area contributed by atoms with Gasteiger partial charge < -0.3 is 9.53 Å². The first-order valence-corrected chi connectivity index (χ1v) is 5.11. The molecule has 2 atom stereocenters. The first-order valence-electron chi connectivity index (χ1n) is 5.11. The van der Waals surface area contributed by atoms with Crippen LogP contribution < -0.4 is 11.2 Å². The Morgan fingerprint density at radius 2 is 2.31 bits per heavy atom. The van der Waals surface area contributed by atoms with Gasteiger partial charge in [0.1, 0.15) is 12.5 Å². The predicted molar refractivity (Wildman–Crippen MR) is 55.1 cm³/mol. The van der Waals surface area contributed by atoms with Crippen LogP contribution in [-0.2, 0) is 9.53 Å². The second-order valence-corrected chi connectivity index (χ2v) is 3.71. The zero-order chi connectivity index (χ0) is 11.5. The summed E-state index contributed by atoms with van der Waals surface area (Å²) < 4.78 is 6.86. The summed E-state index contributed by atoms with van der Waals surface area (Å²) in [6.07, 6.45) is 3.47. The molecule has 2 unspecified atom stereocenters. The zero-order valence-electron chi connectivity index (χ0n) is 8.59. The lowest BCUT2D eigenvalue weighted by Gasteiger charge is -2.13. The Balaban J connectivity index is 2.17. The van der Waals surface area contributed by atoms with Gasteiger partial charge in [-0.2, -0.15) is 0 Å². The Kier molecular flexibility index (Phi) is 3.00. The Hall–Kier alpha value is -1.69. The van der Waals surface area contributed by atoms with Crippen molar-refractivity contribution in [1.82, 2.24) is 9.55 Å². The van der Waals surface area contributed by atoms with Gasteiger partial charge in [0.15, 0.2) is 0 Å². The average Bonchev–Trinajstić information content (AvgIpc) is 2.67. The minimum absolute atomic E-state index is 0.124. The number of carbonyl (C=O) groups is 1. The summed E-state index contributed by atoms with van der Waals surface area (Å²) in [7, 11) is 0. The van der Waals surface area contributed by atoms with Crippen molar-refractivity contribution in [1.29, 1.82) is 0 Å². The van der Waals surface area contributed by atoms with Gasteiger partial charge in [0, 0.05) is 18.7 Å². The van der Waals surface area contributed by atoms with Crippen LogP contribution in [-0.4, -0.2) is 21.9 Å². The first-order chi connectivity index (χ1) is 7.70. The van der Waals surface area contributed by atoms with Gasteiger partial charge >= 0.3 is 5.69 Å². The van der Waals surface area contributed by atoms with E-state index in [2.05, 4.69) is 4.98 Å². The summed E-state index contributed by atoms with van der Waals surface area (Å²) in [5, 5.41) is 0. The number of aldehydes is 1. The largest absolute Gasteiger partial charge is 0.354 e. The summed E-state index contributed by atoms with van der Waals surface area (Å²) in [4.78, 5) is 34.8. The second-order valence-electron chi connectivity index (χ2n) is 3.71. The number of hydrogen-bond acceptors (Lipinski definition) is 4. The van der Waals surface area contributed by atoms with E-state index in [4.69, 9.17) is 4.74 Å². The molecule has 6 heteroatoms. The van der Waals surface area contributed by atoms with Crippen LogP contribution in [0.1, 0.15) is 25.5 Å². The van der Waals surface area contributed by atoms with Crippen molar-refractivity contribution in [2.45, 2.75) is 31.6 Å². The van der Waals surface area contributed by atoms with E-state index in [9.17, 15) is 14.4 Å². The van der Waals surface area contributed by atoms with Gasteiger partial charge in [-0.3, -0.25) is 14.3 Å². The minimum atomic E-state index is -0.482. The van der Waals surface area contributed by atoms with Crippen molar-refractivity contribution in [3.8, 4) is 0 Å². The smallest absolute Gasteiger partial charge is 0.330 e. The normalized spacial score (nSPS) is 24.5. The van der Waals surface area contributed by atoms with Crippen molar-refractivity contribution in [3.05, 3.63) is 33.1 Å². The van der Waals surface area contributed by atoms with E-state index in [-0.39, 0.29) is 12.3 Å². The number of rotatable bonds is 3. The van der Waals surface area contributed by atoms with Crippen molar-refractivity contribution in [2.24, 2.45) is 0 Å². The highest BCUT2D eigenvalue weighted by Crippen LogP contribution is 2.27. The molecular weight excluding hydrogens is 212 g/mol. The predicted octanol–water partition coefficient (Wildman–Crippen LogP) is -0.197. The molecule has 0 amide bonds. The molecule has 1 fully saturated rings. The maximum Gasteiger partial charge on any atom is 0.330 e. The van der Waals surface area contributed by atoms with Gasteiger partial charge in [-0.05, 0) is 12.8 Å². The lowest BCUT2D eigenvalue weighted by molar-refractivity contribution is -0.110. The van der Waals surface area contributed by atoms with Crippen LogP contribution in [0, 0.1) is 0 Å². The molecular formula is C10H12N2O4. The molecule has 1 aromatic rings. The molecule has 1 aromatic heterocycles. The number of H-pyrrole nitrogens is 1. The van der Waals surface area contributed by atoms with E-state index in [0.717, 1.165) is 12.7 Å². The maximum absolute atomic E-state index is 11.4. The van der Waals surface area contributed by atoms with Crippen molar-refractivity contribution < 1.29 is 9.53 Å². The first kappa shape index (κ1) is 10.8. The molecule has 1 saturated heterocycles. The number of aromatic nitrogens is 2. The number of nitrogens with zero attached hydrogens (tertiary/aromatic N) is 1. The van der Waals surface area contributed by atoms with Gasteiger partial charge in [0.25, 0.3) is 5.56 Å². The molecule has 0 bridgehead atoms. The van der Waals surface area contributed by atoms with Gasteiger partial charge in [0.2, 0.25) is 0 Å². The minimum Gasteiger partial charge on any atom is -0.354 e. The van der Waals surface area contributed by atoms with E-state index in [1.807, 2.05) is 0 Å². The highest BCUT2D eigenvalue weighted by atomic mass is 16.5. The van der Waals surface area contributed by atoms with E-state index in [1.165, 1.54) is 16.8 Å². The molecule has 2 rings (SSSR count). The van der Waals surface area contributed by atoms with Gasteiger partial charge in [-0.1, -0.05) is 0 Å². The number of ether oxygens (including phenoxy) is 1. The molecule has 1 aliphatic heterocycles. The third-order valence-electron chi connectivity index (χ3n) is 2.61. The monoisotopic (exact) mass is 224 g/mol. The summed E-state index contributed by atoms with van der Waals surface area (Å²) in [6, 6.07) is 1.28. The zero-order valence-corrected chi connectivity index (χ0v) is 8.59. The fraction of sp³-hybridized carbons (Fsp3) is 0.500. The molecule has 16 heavy (non-hydrogen) atoms. The van der Waals surface area contributed by atoms with Crippen LogP contribution in [0.3, 0.4) is 0 Å².